The molecule has 0 amide bonds. The lowest BCUT2D eigenvalue weighted by molar-refractivity contribution is -0.139. The summed E-state index contributed by atoms with van der Waals surface area (Å²) < 4.78 is 9.92. The first kappa shape index (κ1) is 16.1. The molecule has 5 heteroatoms. The van der Waals surface area contributed by atoms with Crippen molar-refractivity contribution in [3.8, 4) is 0 Å². The Labute approximate surface area is 112 Å². The van der Waals surface area contributed by atoms with E-state index in [-0.39, 0.29) is 9.89 Å². The van der Waals surface area contributed by atoms with E-state index in [1.165, 1.54) is 7.11 Å². The molecule has 0 saturated carbocycles. The van der Waals surface area contributed by atoms with Gasteiger partial charge in [-0.25, -0.2) is 0 Å². The third-order valence-electron chi connectivity index (χ3n) is 2.04. The zero-order valence-corrected chi connectivity index (χ0v) is 12.5. The van der Waals surface area contributed by atoms with E-state index in [1.807, 2.05) is 0 Å². The van der Waals surface area contributed by atoms with Crippen LogP contribution in [0.5, 0.6) is 0 Å². The molecule has 0 aromatic heterocycles. The average molecular weight is 343 g/mol. The first-order valence-corrected chi connectivity index (χ1v) is 6.82. The van der Waals surface area contributed by atoms with Gasteiger partial charge in [-0.05, 0) is 12.3 Å². The van der Waals surface area contributed by atoms with E-state index in [4.69, 9.17) is 4.74 Å². The number of rotatable bonds is 9. The van der Waals surface area contributed by atoms with Gasteiger partial charge in [0.05, 0.1) is 13.7 Å². The Morgan fingerprint density at radius 1 is 1.38 bits per heavy atom. The van der Waals surface area contributed by atoms with E-state index < -0.39 is 0 Å². The monoisotopic (exact) mass is 343 g/mol. The fourth-order valence-electron chi connectivity index (χ4n) is 1.01. The van der Waals surface area contributed by atoms with Crippen LogP contribution in [0.2, 0.25) is 0 Å². The Hall–Kier alpha value is 0.120. The Balaban J connectivity index is 3.24. The highest BCUT2D eigenvalue weighted by Crippen LogP contribution is 2.00. The number of nitrogens with one attached hydrogen (secondary N) is 1. The summed E-state index contributed by atoms with van der Waals surface area (Å²) in [5, 5.41) is 3.16. The molecule has 0 saturated heterocycles. The SMILES string of the molecule is COC(=O)C(I)CNCCOCCC(C)C. The summed E-state index contributed by atoms with van der Waals surface area (Å²) in [6.45, 7) is 7.26. The summed E-state index contributed by atoms with van der Waals surface area (Å²) in [6, 6.07) is 0. The van der Waals surface area contributed by atoms with E-state index in [2.05, 4.69) is 46.5 Å². The molecule has 0 heterocycles. The molecule has 0 radical (unpaired) electrons. The summed E-state index contributed by atoms with van der Waals surface area (Å²) in [7, 11) is 1.41. The third-order valence-corrected chi connectivity index (χ3v) is 2.99. The van der Waals surface area contributed by atoms with Crippen LogP contribution in [0.1, 0.15) is 20.3 Å². The highest BCUT2D eigenvalue weighted by Gasteiger charge is 2.13. The number of esters is 1. The first-order chi connectivity index (χ1) is 7.57. The number of methoxy groups -OCH3 is 1. The Kier molecular flexibility index (Phi) is 10.4. The minimum Gasteiger partial charge on any atom is -0.468 e. The minimum atomic E-state index is -0.186. The van der Waals surface area contributed by atoms with Crippen molar-refractivity contribution in [2.45, 2.75) is 24.2 Å². The second kappa shape index (κ2) is 10.3. The van der Waals surface area contributed by atoms with Crippen molar-refractivity contribution in [1.29, 1.82) is 0 Å². The number of alkyl halides is 1. The molecule has 1 unspecified atom stereocenters. The summed E-state index contributed by atoms with van der Waals surface area (Å²) >= 11 is 2.07. The van der Waals surface area contributed by atoms with Gasteiger partial charge in [0.2, 0.25) is 0 Å². The first-order valence-electron chi connectivity index (χ1n) is 5.58. The van der Waals surface area contributed by atoms with Crippen LogP contribution < -0.4 is 5.32 Å². The second-order valence-electron chi connectivity index (χ2n) is 3.99. The van der Waals surface area contributed by atoms with Crippen LogP contribution in [-0.4, -0.2) is 43.3 Å². The van der Waals surface area contributed by atoms with Crippen molar-refractivity contribution in [3.05, 3.63) is 0 Å². The van der Waals surface area contributed by atoms with Crippen molar-refractivity contribution in [3.63, 3.8) is 0 Å². The number of ether oxygens (including phenoxy) is 2. The van der Waals surface area contributed by atoms with E-state index >= 15 is 0 Å². The van der Waals surface area contributed by atoms with Crippen LogP contribution in [-0.2, 0) is 14.3 Å². The molecule has 0 aromatic carbocycles. The fourth-order valence-corrected chi connectivity index (χ4v) is 1.57. The molecule has 4 nitrogen and oxygen atoms in total. The molecule has 16 heavy (non-hydrogen) atoms. The molecule has 96 valence electrons. The molecular weight excluding hydrogens is 321 g/mol. The quantitative estimate of drug-likeness (QED) is 0.299. The zero-order valence-electron chi connectivity index (χ0n) is 10.3. The fraction of sp³-hybridized carbons (Fsp3) is 0.909. The molecule has 0 bridgehead atoms. The number of hydrogen-bond acceptors (Lipinski definition) is 4. The second-order valence-corrected chi connectivity index (χ2v) is 5.49. The van der Waals surface area contributed by atoms with Crippen molar-refractivity contribution in [1.82, 2.24) is 5.32 Å². The molecule has 0 rings (SSSR count). The van der Waals surface area contributed by atoms with Crippen LogP contribution >= 0.6 is 22.6 Å². The average Bonchev–Trinajstić information content (AvgIpc) is 2.25. The van der Waals surface area contributed by atoms with Crippen LogP contribution in [0, 0.1) is 5.92 Å². The van der Waals surface area contributed by atoms with Gasteiger partial charge in [0.15, 0.2) is 0 Å². The smallest absolute Gasteiger partial charge is 0.319 e. The predicted molar refractivity (Wildman–Crippen MR) is 73.0 cm³/mol. The van der Waals surface area contributed by atoms with Crippen molar-refractivity contribution in [2.75, 3.05) is 33.4 Å². The van der Waals surface area contributed by atoms with Crippen LogP contribution in [0.25, 0.3) is 0 Å². The molecule has 1 atom stereocenters. The van der Waals surface area contributed by atoms with Crippen molar-refractivity contribution in [2.24, 2.45) is 5.92 Å². The lowest BCUT2D eigenvalue weighted by Gasteiger charge is -2.10. The maximum atomic E-state index is 11.1. The molecule has 0 aliphatic rings. The number of carbonyl (C=O) groups is 1. The molecular formula is C11H22INO3. The minimum absolute atomic E-state index is 0.127. The highest BCUT2D eigenvalue weighted by molar-refractivity contribution is 14.1. The number of halogens is 1. The standard InChI is InChI=1S/C11H22INO3/c1-9(2)4-6-16-7-5-13-8-10(12)11(14)15-3/h9-10,13H,4-8H2,1-3H3. The summed E-state index contributed by atoms with van der Waals surface area (Å²) in [4.78, 5) is 11.1. The van der Waals surface area contributed by atoms with Crippen molar-refractivity contribution >= 4 is 28.6 Å². The van der Waals surface area contributed by atoms with E-state index in [0.717, 1.165) is 19.6 Å². The molecule has 0 fully saturated rings. The van der Waals surface area contributed by atoms with E-state index in [9.17, 15) is 4.79 Å². The molecule has 0 aromatic rings. The lowest BCUT2D eigenvalue weighted by Crippen LogP contribution is -2.31. The summed E-state index contributed by atoms with van der Waals surface area (Å²) in [5.74, 6) is 0.500. The van der Waals surface area contributed by atoms with Gasteiger partial charge in [0.1, 0.15) is 3.92 Å². The predicted octanol–water partition coefficient (Wildman–Crippen LogP) is 1.62. The zero-order chi connectivity index (χ0) is 12.4. The van der Waals surface area contributed by atoms with Gasteiger partial charge in [-0.2, -0.15) is 0 Å². The van der Waals surface area contributed by atoms with Gasteiger partial charge in [-0.1, -0.05) is 36.4 Å². The van der Waals surface area contributed by atoms with Gasteiger partial charge in [0, 0.05) is 19.7 Å². The largest absolute Gasteiger partial charge is 0.468 e. The van der Waals surface area contributed by atoms with Gasteiger partial charge in [-0.3, -0.25) is 4.79 Å². The highest BCUT2D eigenvalue weighted by atomic mass is 127. The molecule has 0 aliphatic carbocycles. The molecule has 1 N–H and O–H groups in total. The van der Waals surface area contributed by atoms with Gasteiger partial charge < -0.3 is 14.8 Å². The van der Waals surface area contributed by atoms with Crippen LogP contribution in [0.15, 0.2) is 0 Å². The number of carbonyl (C=O) groups excluding carboxylic acids is 1. The van der Waals surface area contributed by atoms with Gasteiger partial charge in [-0.15, -0.1) is 0 Å². The van der Waals surface area contributed by atoms with Gasteiger partial charge >= 0.3 is 5.97 Å². The van der Waals surface area contributed by atoms with E-state index in [0.29, 0.717) is 19.1 Å². The third kappa shape index (κ3) is 9.35. The van der Waals surface area contributed by atoms with Crippen molar-refractivity contribution < 1.29 is 14.3 Å². The lowest BCUT2D eigenvalue weighted by atomic mass is 10.1. The summed E-state index contributed by atoms with van der Waals surface area (Å²) in [5.41, 5.74) is 0. The van der Waals surface area contributed by atoms with Crippen LogP contribution in [0.3, 0.4) is 0 Å². The maximum absolute atomic E-state index is 11.1. The van der Waals surface area contributed by atoms with Gasteiger partial charge in [0.25, 0.3) is 0 Å². The normalized spacial score (nSPS) is 12.8. The Morgan fingerprint density at radius 3 is 2.62 bits per heavy atom. The maximum Gasteiger partial charge on any atom is 0.319 e. The Morgan fingerprint density at radius 2 is 2.06 bits per heavy atom. The topological polar surface area (TPSA) is 47.6 Å². The molecule has 0 spiro atoms. The van der Waals surface area contributed by atoms with E-state index in [1.54, 1.807) is 0 Å². The number of hydrogen-bond donors (Lipinski definition) is 1. The summed E-state index contributed by atoms with van der Waals surface area (Å²) in [6.07, 6.45) is 1.09. The molecule has 0 aliphatic heterocycles. The Bertz CT molecular complexity index is 188. The van der Waals surface area contributed by atoms with Crippen LogP contribution in [0.4, 0.5) is 0 Å².